The first kappa shape index (κ1) is 15.1. The van der Waals surface area contributed by atoms with Crippen LogP contribution in [0.2, 0.25) is 0 Å². The molecule has 0 unspecified atom stereocenters. The molecular weight excluding hydrogens is 276 g/mol. The van der Waals surface area contributed by atoms with Crippen molar-refractivity contribution in [1.82, 2.24) is 9.55 Å². The number of imidazole rings is 1. The molecule has 4 nitrogen and oxygen atoms in total. The molecule has 3 rings (SSSR count). The van der Waals surface area contributed by atoms with Crippen molar-refractivity contribution in [2.75, 3.05) is 7.11 Å². The van der Waals surface area contributed by atoms with Crippen LogP contribution in [0.25, 0.3) is 11.0 Å². The minimum atomic E-state index is -0.316. The number of carbonyl (C=O) groups is 1. The van der Waals surface area contributed by atoms with Crippen molar-refractivity contribution in [1.29, 1.82) is 0 Å². The number of hydrogen-bond donors (Lipinski definition) is 0. The minimum Gasteiger partial charge on any atom is -0.465 e. The van der Waals surface area contributed by atoms with Gasteiger partial charge in [0.15, 0.2) is 0 Å². The summed E-state index contributed by atoms with van der Waals surface area (Å²) in [4.78, 5) is 16.1. The summed E-state index contributed by atoms with van der Waals surface area (Å²) in [6.45, 7) is 7.04. The third kappa shape index (κ3) is 2.74. The van der Waals surface area contributed by atoms with Gasteiger partial charge in [-0.1, -0.05) is 20.8 Å². The van der Waals surface area contributed by atoms with E-state index in [0.717, 1.165) is 17.0 Å². The Bertz CT molecular complexity index is 702. The molecule has 2 atom stereocenters. The molecule has 0 bridgehead atoms. The Labute approximate surface area is 131 Å². The van der Waals surface area contributed by atoms with Gasteiger partial charge >= 0.3 is 5.97 Å². The van der Waals surface area contributed by atoms with Crippen LogP contribution in [0.1, 0.15) is 56.4 Å². The average Bonchev–Trinajstić information content (AvgIpc) is 2.87. The molecule has 1 aliphatic rings. The lowest BCUT2D eigenvalue weighted by molar-refractivity contribution is 0.0601. The molecule has 1 aliphatic carbocycles. The SMILES string of the molecule is COC(=O)c1ccc2c(c1)ncn2[C@H]1C[C@@H](C)CC(C)(C)C1. The lowest BCUT2D eigenvalue weighted by atomic mass is 9.70. The first-order chi connectivity index (χ1) is 10.4. The van der Waals surface area contributed by atoms with Crippen LogP contribution < -0.4 is 0 Å². The van der Waals surface area contributed by atoms with Gasteiger partial charge in [0.25, 0.3) is 0 Å². The van der Waals surface area contributed by atoms with E-state index in [2.05, 4.69) is 30.3 Å². The number of methoxy groups -OCH3 is 1. The molecule has 2 aromatic rings. The fourth-order valence-electron chi connectivity index (χ4n) is 4.08. The largest absolute Gasteiger partial charge is 0.465 e. The molecule has 1 fully saturated rings. The number of ether oxygens (including phenoxy) is 1. The predicted octanol–water partition coefficient (Wildman–Crippen LogP) is 4.21. The van der Waals surface area contributed by atoms with Crippen LogP contribution in [0.3, 0.4) is 0 Å². The highest BCUT2D eigenvalue weighted by atomic mass is 16.5. The number of hydrogen-bond acceptors (Lipinski definition) is 3. The summed E-state index contributed by atoms with van der Waals surface area (Å²) in [7, 11) is 1.40. The van der Waals surface area contributed by atoms with Gasteiger partial charge in [-0.25, -0.2) is 9.78 Å². The smallest absolute Gasteiger partial charge is 0.337 e. The number of carbonyl (C=O) groups excluding carboxylic acids is 1. The van der Waals surface area contributed by atoms with E-state index in [0.29, 0.717) is 17.0 Å². The van der Waals surface area contributed by atoms with Gasteiger partial charge in [0.2, 0.25) is 0 Å². The van der Waals surface area contributed by atoms with Gasteiger partial charge in [-0.2, -0.15) is 0 Å². The number of benzene rings is 1. The molecule has 0 N–H and O–H groups in total. The van der Waals surface area contributed by atoms with Gasteiger partial charge < -0.3 is 9.30 Å². The Hall–Kier alpha value is -1.84. The van der Waals surface area contributed by atoms with Crippen LogP contribution in [0.5, 0.6) is 0 Å². The first-order valence-corrected chi connectivity index (χ1v) is 7.94. The van der Waals surface area contributed by atoms with Crippen molar-refractivity contribution < 1.29 is 9.53 Å². The van der Waals surface area contributed by atoms with Crippen molar-refractivity contribution >= 4 is 17.0 Å². The lowest BCUT2D eigenvalue weighted by Gasteiger charge is -2.39. The highest BCUT2D eigenvalue weighted by molar-refractivity contribution is 5.93. The predicted molar refractivity (Wildman–Crippen MR) is 86.9 cm³/mol. The molecule has 4 heteroatoms. The summed E-state index contributed by atoms with van der Waals surface area (Å²) in [6.07, 6.45) is 5.56. The Morgan fingerprint density at radius 2 is 2.14 bits per heavy atom. The maximum Gasteiger partial charge on any atom is 0.337 e. The van der Waals surface area contributed by atoms with E-state index in [1.165, 1.54) is 26.4 Å². The molecule has 0 amide bonds. The zero-order chi connectivity index (χ0) is 15.9. The van der Waals surface area contributed by atoms with Crippen molar-refractivity contribution in [2.24, 2.45) is 11.3 Å². The van der Waals surface area contributed by atoms with E-state index in [4.69, 9.17) is 4.74 Å². The van der Waals surface area contributed by atoms with Crippen molar-refractivity contribution in [3.63, 3.8) is 0 Å². The summed E-state index contributed by atoms with van der Waals surface area (Å²) >= 11 is 0. The summed E-state index contributed by atoms with van der Waals surface area (Å²) in [5, 5.41) is 0. The second-order valence-electron chi connectivity index (χ2n) is 7.41. The average molecular weight is 300 g/mol. The summed E-state index contributed by atoms with van der Waals surface area (Å²) in [5.41, 5.74) is 2.88. The van der Waals surface area contributed by atoms with Crippen LogP contribution >= 0.6 is 0 Å². The van der Waals surface area contributed by atoms with Gasteiger partial charge in [-0.15, -0.1) is 0 Å². The van der Waals surface area contributed by atoms with Crippen LogP contribution in [-0.2, 0) is 4.74 Å². The molecule has 22 heavy (non-hydrogen) atoms. The third-order valence-corrected chi connectivity index (χ3v) is 4.75. The van der Waals surface area contributed by atoms with E-state index in [1.807, 2.05) is 24.5 Å². The number of esters is 1. The van der Waals surface area contributed by atoms with Crippen molar-refractivity contribution in [3.8, 4) is 0 Å². The maximum atomic E-state index is 11.6. The number of aromatic nitrogens is 2. The molecule has 1 aromatic heterocycles. The molecule has 0 saturated heterocycles. The Balaban J connectivity index is 1.96. The van der Waals surface area contributed by atoms with Crippen molar-refractivity contribution in [2.45, 2.75) is 46.1 Å². The van der Waals surface area contributed by atoms with Crippen LogP contribution in [0, 0.1) is 11.3 Å². The maximum absolute atomic E-state index is 11.6. The van der Waals surface area contributed by atoms with Gasteiger partial charge in [0.05, 0.1) is 30.0 Å². The number of fused-ring (bicyclic) bond motifs is 1. The molecule has 1 aromatic carbocycles. The first-order valence-electron chi connectivity index (χ1n) is 7.94. The third-order valence-electron chi connectivity index (χ3n) is 4.75. The number of nitrogens with zero attached hydrogens (tertiary/aromatic N) is 2. The normalized spacial score (nSPS) is 24.4. The molecule has 1 heterocycles. The van der Waals surface area contributed by atoms with Crippen molar-refractivity contribution in [3.05, 3.63) is 30.1 Å². The summed E-state index contributed by atoms with van der Waals surface area (Å²) in [5.74, 6) is 0.407. The van der Waals surface area contributed by atoms with Gasteiger partial charge in [-0.05, 0) is 48.8 Å². The fourth-order valence-corrected chi connectivity index (χ4v) is 4.08. The fraction of sp³-hybridized carbons (Fsp3) is 0.556. The zero-order valence-electron chi connectivity index (χ0n) is 13.8. The van der Waals surface area contributed by atoms with Gasteiger partial charge in [0, 0.05) is 6.04 Å². The second kappa shape index (κ2) is 5.41. The van der Waals surface area contributed by atoms with E-state index >= 15 is 0 Å². The lowest BCUT2D eigenvalue weighted by Crippen LogP contribution is -2.29. The van der Waals surface area contributed by atoms with E-state index in [9.17, 15) is 4.79 Å². The molecule has 1 saturated carbocycles. The molecular formula is C18H24N2O2. The molecule has 0 aliphatic heterocycles. The summed E-state index contributed by atoms with van der Waals surface area (Å²) in [6, 6.07) is 6.10. The van der Waals surface area contributed by atoms with Gasteiger partial charge in [-0.3, -0.25) is 0 Å². The Morgan fingerprint density at radius 3 is 2.82 bits per heavy atom. The highest BCUT2D eigenvalue weighted by Crippen LogP contribution is 2.44. The van der Waals surface area contributed by atoms with Gasteiger partial charge in [0.1, 0.15) is 0 Å². The summed E-state index contributed by atoms with van der Waals surface area (Å²) < 4.78 is 7.06. The quantitative estimate of drug-likeness (QED) is 0.780. The Kier molecular flexibility index (Phi) is 3.71. The molecule has 0 spiro atoms. The van der Waals surface area contributed by atoms with E-state index in [1.54, 1.807) is 0 Å². The monoisotopic (exact) mass is 300 g/mol. The van der Waals surface area contributed by atoms with Crippen LogP contribution in [0.15, 0.2) is 24.5 Å². The van der Waals surface area contributed by atoms with E-state index < -0.39 is 0 Å². The number of rotatable bonds is 2. The topological polar surface area (TPSA) is 44.1 Å². The Morgan fingerprint density at radius 1 is 1.36 bits per heavy atom. The second-order valence-corrected chi connectivity index (χ2v) is 7.41. The highest BCUT2D eigenvalue weighted by Gasteiger charge is 2.33. The van der Waals surface area contributed by atoms with Crippen LogP contribution in [0.4, 0.5) is 0 Å². The molecule has 118 valence electrons. The van der Waals surface area contributed by atoms with E-state index in [-0.39, 0.29) is 5.97 Å². The molecule has 0 radical (unpaired) electrons. The standard InChI is InChI=1S/C18H24N2O2/c1-12-7-14(10-18(2,3)9-12)20-11-19-15-8-13(17(21)22-4)5-6-16(15)20/h5-6,8,11-12,14H,7,9-10H2,1-4H3/t12-,14+/m1/s1. The van der Waals surface area contributed by atoms with Crippen LogP contribution in [-0.4, -0.2) is 22.6 Å². The zero-order valence-corrected chi connectivity index (χ0v) is 13.8. The minimum absolute atomic E-state index is 0.316.